The summed E-state index contributed by atoms with van der Waals surface area (Å²) in [7, 11) is 0. The van der Waals surface area contributed by atoms with Crippen LogP contribution < -0.4 is 10.1 Å². The summed E-state index contributed by atoms with van der Waals surface area (Å²) >= 11 is 9.20. The summed E-state index contributed by atoms with van der Waals surface area (Å²) in [6.45, 7) is 1.74. The maximum Gasteiger partial charge on any atom is 0.232 e. The Hall–Kier alpha value is -0.320. The van der Waals surface area contributed by atoms with Gasteiger partial charge in [-0.05, 0) is 22.0 Å². The summed E-state index contributed by atoms with van der Waals surface area (Å²) in [6.07, 6.45) is 1.89. The van der Waals surface area contributed by atoms with Gasteiger partial charge in [-0.3, -0.25) is 0 Å². The molecule has 0 radical (unpaired) electrons. The largest absolute Gasteiger partial charge is 0.471 e. The lowest BCUT2D eigenvalue weighted by Crippen LogP contribution is -2.50. The molecule has 0 amide bonds. The number of ether oxygens (including phenoxy) is 1. The van der Waals surface area contributed by atoms with Crippen LogP contribution in [0.3, 0.4) is 0 Å². The molecule has 1 aliphatic rings. The van der Waals surface area contributed by atoms with E-state index >= 15 is 0 Å². The average Bonchev–Trinajstić information content (AvgIpc) is 1.99. The van der Waals surface area contributed by atoms with Crippen molar-refractivity contribution in [3.05, 3.63) is 21.8 Å². The molecule has 0 saturated carbocycles. The molecular formula is C8H8BrClN2O. The Balaban J connectivity index is 2.10. The van der Waals surface area contributed by atoms with Gasteiger partial charge in [-0.25, -0.2) is 4.98 Å². The zero-order chi connectivity index (χ0) is 9.26. The highest BCUT2D eigenvalue weighted by molar-refractivity contribution is 9.10. The maximum absolute atomic E-state index is 5.92. The van der Waals surface area contributed by atoms with Crippen LogP contribution in [0.15, 0.2) is 16.7 Å². The maximum atomic E-state index is 5.92. The van der Waals surface area contributed by atoms with Crippen LogP contribution in [0.2, 0.25) is 5.02 Å². The molecule has 5 heteroatoms. The molecule has 0 aliphatic carbocycles. The summed E-state index contributed by atoms with van der Waals surface area (Å²) in [4.78, 5) is 4.07. The van der Waals surface area contributed by atoms with Crippen molar-refractivity contribution in [3.8, 4) is 5.88 Å². The normalized spacial score (nSPS) is 16.8. The van der Waals surface area contributed by atoms with Crippen molar-refractivity contribution in [1.82, 2.24) is 10.3 Å². The van der Waals surface area contributed by atoms with E-state index in [1.807, 2.05) is 0 Å². The number of nitrogens with zero attached hydrogens (tertiary/aromatic N) is 1. The third-order valence-electron chi connectivity index (χ3n) is 1.80. The van der Waals surface area contributed by atoms with Gasteiger partial charge in [-0.1, -0.05) is 11.6 Å². The van der Waals surface area contributed by atoms with Crippen LogP contribution in [-0.2, 0) is 0 Å². The van der Waals surface area contributed by atoms with Gasteiger partial charge in [0.1, 0.15) is 11.1 Å². The van der Waals surface area contributed by atoms with E-state index in [0.29, 0.717) is 10.9 Å². The molecule has 70 valence electrons. The van der Waals surface area contributed by atoms with Crippen molar-refractivity contribution in [3.63, 3.8) is 0 Å². The minimum absolute atomic E-state index is 0.214. The van der Waals surface area contributed by atoms with Crippen molar-refractivity contribution in [1.29, 1.82) is 0 Å². The quantitative estimate of drug-likeness (QED) is 0.884. The molecule has 0 unspecified atom stereocenters. The fraction of sp³-hybridized carbons (Fsp3) is 0.375. The predicted molar refractivity (Wildman–Crippen MR) is 54.2 cm³/mol. The summed E-state index contributed by atoms with van der Waals surface area (Å²) in [6, 6.07) is 1.77. The third kappa shape index (κ3) is 2.13. The first kappa shape index (κ1) is 9.24. The summed E-state index contributed by atoms with van der Waals surface area (Å²) in [5, 5.41) is 3.65. The van der Waals surface area contributed by atoms with E-state index < -0.39 is 0 Å². The molecule has 0 aromatic carbocycles. The molecule has 1 aromatic rings. The number of hydrogen-bond acceptors (Lipinski definition) is 3. The van der Waals surface area contributed by atoms with E-state index in [0.717, 1.165) is 17.6 Å². The third-order valence-corrected chi connectivity index (χ3v) is 2.50. The Morgan fingerprint density at radius 1 is 1.62 bits per heavy atom. The molecule has 13 heavy (non-hydrogen) atoms. The highest BCUT2D eigenvalue weighted by atomic mass is 79.9. The number of halogens is 2. The van der Waals surface area contributed by atoms with E-state index in [1.54, 1.807) is 12.3 Å². The van der Waals surface area contributed by atoms with Crippen LogP contribution in [0.4, 0.5) is 0 Å². The monoisotopic (exact) mass is 262 g/mol. The van der Waals surface area contributed by atoms with Gasteiger partial charge in [0.15, 0.2) is 0 Å². The topological polar surface area (TPSA) is 34.1 Å². The molecule has 1 fully saturated rings. The van der Waals surface area contributed by atoms with E-state index in [1.165, 1.54) is 0 Å². The van der Waals surface area contributed by atoms with E-state index in [9.17, 15) is 0 Å². The molecule has 1 N–H and O–H groups in total. The van der Waals surface area contributed by atoms with Gasteiger partial charge in [0.25, 0.3) is 0 Å². The number of nitrogens with one attached hydrogen (secondary N) is 1. The minimum atomic E-state index is 0.214. The van der Waals surface area contributed by atoms with Gasteiger partial charge in [-0.2, -0.15) is 0 Å². The number of rotatable bonds is 2. The van der Waals surface area contributed by atoms with Gasteiger partial charge in [0.2, 0.25) is 5.88 Å². The fourth-order valence-electron chi connectivity index (χ4n) is 0.992. The molecule has 0 atom stereocenters. The van der Waals surface area contributed by atoms with E-state index in [4.69, 9.17) is 16.3 Å². The molecule has 0 spiro atoms. The van der Waals surface area contributed by atoms with Crippen LogP contribution in [-0.4, -0.2) is 24.2 Å². The SMILES string of the molecule is Clc1cc(Br)cnc1OC1CNC1. The zero-order valence-corrected chi connectivity index (χ0v) is 9.10. The van der Waals surface area contributed by atoms with E-state index in [-0.39, 0.29) is 6.10 Å². The first-order valence-electron chi connectivity index (χ1n) is 3.94. The van der Waals surface area contributed by atoms with Gasteiger partial charge in [0.05, 0.1) is 0 Å². The predicted octanol–water partition coefficient (Wildman–Crippen LogP) is 1.85. The number of hydrogen-bond donors (Lipinski definition) is 1. The second kappa shape index (κ2) is 3.82. The van der Waals surface area contributed by atoms with Crippen LogP contribution >= 0.6 is 27.5 Å². The molecule has 2 heterocycles. The smallest absolute Gasteiger partial charge is 0.232 e. The van der Waals surface area contributed by atoms with Gasteiger partial charge in [-0.15, -0.1) is 0 Å². The highest BCUT2D eigenvalue weighted by Gasteiger charge is 2.19. The van der Waals surface area contributed by atoms with Crippen molar-refractivity contribution in [2.45, 2.75) is 6.10 Å². The first-order chi connectivity index (χ1) is 6.25. The standard InChI is InChI=1S/C8H8BrClN2O/c9-5-1-7(10)8(12-2-5)13-6-3-11-4-6/h1-2,6,11H,3-4H2. The van der Waals surface area contributed by atoms with Crippen molar-refractivity contribution < 1.29 is 4.74 Å². The Labute approximate surface area is 89.6 Å². The van der Waals surface area contributed by atoms with Crippen LogP contribution in [0.25, 0.3) is 0 Å². The van der Waals surface area contributed by atoms with Crippen LogP contribution in [0, 0.1) is 0 Å². The van der Waals surface area contributed by atoms with Crippen LogP contribution in [0.5, 0.6) is 5.88 Å². The molecular weight excluding hydrogens is 255 g/mol. The lowest BCUT2D eigenvalue weighted by atomic mass is 10.2. The Kier molecular flexibility index (Phi) is 2.71. The van der Waals surface area contributed by atoms with E-state index in [2.05, 4.69) is 26.2 Å². The van der Waals surface area contributed by atoms with Crippen molar-refractivity contribution >= 4 is 27.5 Å². The number of pyridine rings is 1. The molecule has 1 aliphatic heterocycles. The molecule has 2 rings (SSSR count). The molecule has 0 bridgehead atoms. The second-order valence-corrected chi connectivity index (χ2v) is 4.16. The van der Waals surface area contributed by atoms with Crippen molar-refractivity contribution in [2.75, 3.05) is 13.1 Å². The highest BCUT2D eigenvalue weighted by Crippen LogP contribution is 2.25. The lowest BCUT2D eigenvalue weighted by Gasteiger charge is -2.27. The molecule has 3 nitrogen and oxygen atoms in total. The summed E-state index contributed by atoms with van der Waals surface area (Å²) in [5.41, 5.74) is 0. The average molecular weight is 264 g/mol. The Morgan fingerprint density at radius 2 is 2.38 bits per heavy atom. The molecule has 1 aromatic heterocycles. The Bertz CT molecular complexity index is 317. The lowest BCUT2D eigenvalue weighted by molar-refractivity contribution is 0.136. The number of aromatic nitrogens is 1. The summed E-state index contributed by atoms with van der Waals surface area (Å²) < 4.78 is 6.37. The first-order valence-corrected chi connectivity index (χ1v) is 5.11. The summed E-state index contributed by atoms with van der Waals surface area (Å²) in [5.74, 6) is 0.511. The van der Waals surface area contributed by atoms with Crippen molar-refractivity contribution in [2.24, 2.45) is 0 Å². The van der Waals surface area contributed by atoms with Gasteiger partial charge < -0.3 is 10.1 Å². The van der Waals surface area contributed by atoms with Gasteiger partial charge >= 0.3 is 0 Å². The molecule has 1 saturated heterocycles. The minimum Gasteiger partial charge on any atom is -0.471 e. The second-order valence-electron chi connectivity index (χ2n) is 2.84. The van der Waals surface area contributed by atoms with Crippen LogP contribution in [0.1, 0.15) is 0 Å². The Morgan fingerprint density at radius 3 is 2.92 bits per heavy atom. The zero-order valence-electron chi connectivity index (χ0n) is 6.76. The van der Waals surface area contributed by atoms with Gasteiger partial charge in [0, 0.05) is 23.8 Å². The fourth-order valence-corrected chi connectivity index (χ4v) is 1.67.